The Hall–Kier alpha value is -2.99. The maximum atomic E-state index is 13.4. The second-order valence-electron chi connectivity index (χ2n) is 8.29. The van der Waals surface area contributed by atoms with Crippen LogP contribution in [0.25, 0.3) is 16.3 Å². The number of nitrogens with zero attached hydrogens (tertiary/aromatic N) is 3. The first-order valence-electron chi connectivity index (χ1n) is 11.4. The average molecular weight is 532 g/mol. The number of thiazole rings is 1. The van der Waals surface area contributed by atoms with Gasteiger partial charge in [-0.1, -0.05) is 17.4 Å². The van der Waals surface area contributed by atoms with E-state index in [9.17, 15) is 13.2 Å². The van der Waals surface area contributed by atoms with Crippen LogP contribution < -0.4 is 14.4 Å². The number of carbonyl (C=O) groups excluding carboxylic acids is 1. The zero-order chi connectivity index (χ0) is 25.7. The molecule has 0 atom stereocenters. The number of benzene rings is 2. The van der Waals surface area contributed by atoms with E-state index in [1.54, 1.807) is 49.5 Å². The largest absolute Gasteiger partial charge is 0.493 e. The molecular weight excluding hydrogens is 502 g/mol. The van der Waals surface area contributed by atoms with Crippen molar-refractivity contribution >= 4 is 48.5 Å². The van der Waals surface area contributed by atoms with Gasteiger partial charge in [-0.25, -0.2) is 13.4 Å². The molecule has 2 heterocycles. The van der Waals surface area contributed by atoms with Gasteiger partial charge in [0.05, 0.1) is 42.5 Å². The van der Waals surface area contributed by atoms with Gasteiger partial charge in [0.25, 0.3) is 5.91 Å². The Labute approximate surface area is 214 Å². The highest BCUT2D eigenvalue weighted by Crippen LogP contribution is 2.31. The lowest BCUT2D eigenvalue weighted by atomic mass is 10.2. The van der Waals surface area contributed by atoms with Crippen molar-refractivity contribution in [2.75, 3.05) is 64.8 Å². The number of amides is 1. The molecule has 1 fully saturated rings. The van der Waals surface area contributed by atoms with E-state index >= 15 is 0 Å². The number of sulfone groups is 1. The molecule has 1 aromatic heterocycles. The predicted molar refractivity (Wildman–Crippen MR) is 141 cm³/mol. The molecule has 4 rings (SSSR count). The molecule has 0 saturated carbocycles. The third kappa shape index (κ3) is 6.22. The molecule has 0 spiro atoms. The van der Waals surface area contributed by atoms with Crippen LogP contribution in [0.1, 0.15) is 5.56 Å². The summed E-state index contributed by atoms with van der Waals surface area (Å²) >= 11 is 1.30. The fourth-order valence-corrected chi connectivity index (χ4v) is 5.58. The van der Waals surface area contributed by atoms with Crippen LogP contribution in [0.2, 0.25) is 0 Å². The molecule has 0 N–H and O–H groups in total. The zero-order valence-electron chi connectivity index (χ0n) is 20.5. The Kier molecular flexibility index (Phi) is 8.24. The molecule has 192 valence electrons. The minimum atomic E-state index is -3.35. The topological polar surface area (TPSA) is 98.3 Å². The molecule has 0 radical (unpaired) electrons. The molecule has 36 heavy (non-hydrogen) atoms. The number of anilines is 1. The van der Waals surface area contributed by atoms with Gasteiger partial charge >= 0.3 is 0 Å². The molecule has 3 aromatic rings. The standard InChI is InChI=1S/C25H29N3O6S2/c1-32-21-8-4-18(16-22(21)33-2)5-9-24(29)28(11-10-27-12-14-34-15-13-27)25-26-20-7-6-19(36(3,30)31)17-23(20)35-25/h4-9,16-17H,10-15H2,1-3H3/b9-5+. The summed E-state index contributed by atoms with van der Waals surface area (Å²) < 4.78 is 40.7. The minimum Gasteiger partial charge on any atom is -0.493 e. The summed E-state index contributed by atoms with van der Waals surface area (Å²) in [5.74, 6) is 0.959. The third-order valence-electron chi connectivity index (χ3n) is 5.84. The lowest BCUT2D eigenvalue weighted by Gasteiger charge is -2.28. The van der Waals surface area contributed by atoms with E-state index in [1.807, 2.05) is 6.07 Å². The molecule has 0 aliphatic carbocycles. The normalized spacial score (nSPS) is 14.9. The number of carbonyl (C=O) groups is 1. The predicted octanol–water partition coefficient (Wildman–Crippen LogP) is 3.10. The SMILES string of the molecule is COc1ccc(/C=C/C(=O)N(CCN2CCOCC2)c2nc3ccc(S(C)(=O)=O)cc3s2)cc1OC. The number of aromatic nitrogens is 1. The van der Waals surface area contributed by atoms with E-state index in [0.717, 1.165) is 18.7 Å². The van der Waals surface area contributed by atoms with Gasteiger partial charge in [-0.3, -0.25) is 14.6 Å². The van der Waals surface area contributed by atoms with E-state index in [1.165, 1.54) is 29.7 Å². The maximum absolute atomic E-state index is 13.4. The van der Waals surface area contributed by atoms with Gasteiger partial charge in [-0.2, -0.15) is 0 Å². The van der Waals surface area contributed by atoms with Gasteiger partial charge in [0.15, 0.2) is 26.5 Å². The van der Waals surface area contributed by atoms with E-state index in [2.05, 4.69) is 9.88 Å². The number of hydrogen-bond acceptors (Lipinski definition) is 9. The molecular formula is C25H29N3O6S2. The molecule has 11 heteroatoms. The molecule has 9 nitrogen and oxygen atoms in total. The van der Waals surface area contributed by atoms with Crippen LogP contribution in [0.4, 0.5) is 5.13 Å². The summed E-state index contributed by atoms with van der Waals surface area (Å²) in [6, 6.07) is 10.2. The summed E-state index contributed by atoms with van der Waals surface area (Å²) in [6.45, 7) is 4.06. The molecule has 0 bridgehead atoms. The number of rotatable bonds is 9. The highest BCUT2D eigenvalue weighted by atomic mass is 32.2. The van der Waals surface area contributed by atoms with Gasteiger partial charge in [-0.05, 0) is 42.0 Å². The van der Waals surface area contributed by atoms with Crippen LogP contribution in [0.15, 0.2) is 47.4 Å². The van der Waals surface area contributed by atoms with Crippen molar-refractivity contribution < 1.29 is 27.4 Å². The quantitative estimate of drug-likeness (QED) is 0.389. The van der Waals surface area contributed by atoms with E-state index in [-0.39, 0.29) is 10.8 Å². The van der Waals surface area contributed by atoms with Crippen LogP contribution in [-0.4, -0.2) is 84.1 Å². The van der Waals surface area contributed by atoms with Gasteiger partial charge in [0.1, 0.15) is 0 Å². The van der Waals surface area contributed by atoms with Crippen molar-refractivity contribution in [2.45, 2.75) is 4.90 Å². The molecule has 1 aliphatic heterocycles. The van der Waals surface area contributed by atoms with Crippen LogP contribution in [0.3, 0.4) is 0 Å². The first-order valence-corrected chi connectivity index (χ1v) is 14.1. The molecule has 2 aromatic carbocycles. The zero-order valence-corrected chi connectivity index (χ0v) is 22.1. The number of methoxy groups -OCH3 is 2. The number of ether oxygens (including phenoxy) is 3. The average Bonchev–Trinajstić information content (AvgIpc) is 3.30. The Bertz CT molecular complexity index is 1360. The molecule has 1 saturated heterocycles. The van der Waals surface area contributed by atoms with Gasteiger partial charge < -0.3 is 14.2 Å². The first kappa shape index (κ1) is 26.1. The monoisotopic (exact) mass is 531 g/mol. The fraction of sp³-hybridized carbons (Fsp3) is 0.360. The Balaban J connectivity index is 1.61. The molecule has 1 aliphatic rings. The highest BCUT2D eigenvalue weighted by molar-refractivity contribution is 7.90. The first-order chi connectivity index (χ1) is 17.3. The number of hydrogen-bond donors (Lipinski definition) is 0. The summed E-state index contributed by atoms with van der Waals surface area (Å²) in [5.41, 5.74) is 1.44. The maximum Gasteiger partial charge on any atom is 0.252 e. The molecule has 0 unspecified atom stereocenters. The van der Waals surface area contributed by atoms with Crippen molar-refractivity contribution in [2.24, 2.45) is 0 Å². The van der Waals surface area contributed by atoms with Crippen LogP contribution >= 0.6 is 11.3 Å². The van der Waals surface area contributed by atoms with E-state index < -0.39 is 9.84 Å². The van der Waals surface area contributed by atoms with Crippen molar-refractivity contribution in [3.8, 4) is 11.5 Å². The van der Waals surface area contributed by atoms with Crippen LogP contribution in [-0.2, 0) is 19.4 Å². The lowest BCUT2D eigenvalue weighted by Crippen LogP contribution is -2.42. The number of morpholine rings is 1. The Morgan fingerprint density at radius 2 is 1.89 bits per heavy atom. The number of fused-ring (bicyclic) bond motifs is 1. The smallest absolute Gasteiger partial charge is 0.252 e. The van der Waals surface area contributed by atoms with E-state index in [4.69, 9.17) is 14.2 Å². The van der Waals surface area contributed by atoms with Gasteiger partial charge in [0, 0.05) is 38.5 Å². The summed E-state index contributed by atoms with van der Waals surface area (Å²) in [6.07, 6.45) is 4.41. The van der Waals surface area contributed by atoms with Crippen molar-refractivity contribution in [3.63, 3.8) is 0 Å². The minimum absolute atomic E-state index is 0.222. The summed E-state index contributed by atoms with van der Waals surface area (Å²) in [7, 11) is -0.216. The van der Waals surface area contributed by atoms with Crippen molar-refractivity contribution in [3.05, 3.63) is 48.0 Å². The van der Waals surface area contributed by atoms with E-state index in [0.29, 0.717) is 53.2 Å². The lowest BCUT2D eigenvalue weighted by molar-refractivity contribution is -0.114. The van der Waals surface area contributed by atoms with Crippen LogP contribution in [0, 0.1) is 0 Å². The highest BCUT2D eigenvalue weighted by Gasteiger charge is 2.21. The third-order valence-corrected chi connectivity index (χ3v) is 7.99. The van der Waals surface area contributed by atoms with Gasteiger partial charge in [-0.15, -0.1) is 0 Å². The van der Waals surface area contributed by atoms with Gasteiger partial charge in [0.2, 0.25) is 0 Å². The summed E-state index contributed by atoms with van der Waals surface area (Å²) in [5, 5.41) is 0.519. The van der Waals surface area contributed by atoms with Crippen molar-refractivity contribution in [1.82, 2.24) is 9.88 Å². The Morgan fingerprint density at radius 1 is 1.14 bits per heavy atom. The second kappa shape index (κ2) is 11.4. The fourth-order valence-electron chi connectivity index (χ4n) is 3.82. The Morgan fingerprint density at radius 3 is 2.58 bits per heavy atom. The second-order valence-corrected chi connectivity index (χ2v) is 11.3. The van der Waals surface area contributed by atoms with Crippen LogP contribution in [0.5, 0.6) is 11.5 Å². The van der Waals surface area contributed by atoms with Crippen molar-refractivity contribution in [1.29, 1.82) is 0 Å². The molecule has 1 amide bonds. The summed E-state index contributed by atoms with van der Waals surface area (Å²) in [4.78, 5) is 22.1.